The molecule has 0 radical (unpaired) electrons. The van der Waals surface area contributed by atoms with Crippen molar-refractivity contribution in [3.63, 3.8) is 0 Å². The van der Waals surface area contributed by atoms with Crippen molar-refractivity contribution in [2.75, 3.05) is 11.5 Å². The van der Waals surface area contributed by atoms with Gasteiger partial charge in [0.05, 0.1) is 12.2 Å². The lowest BCUT2D eigenvalue weighted by Crippen LogP contribution is -2.29. The highest BCUT2D eigenvalue weighted by Crippen LogP contribution is 2.46. The summed E-state index contributed by atoms with van der Waals surface area (Å²) in [4.78, 5) is 10.5. The summed E-state index contributed by atoms with van der Waals surface area (Å²) in [7, 11) is 0. The average molecular weight is 367 g/mol. The molecular weight excluding hydrogens is 332 g/mol. The number of thioether (sulfide) groups is 1. The van der Waals surface area contributed by atoms with Gasteiger partial charge in [-0.2, -0.15) is 11.8 Å². The molecular formula is C21H34O3S. The number of carboxylic acid groups (broad SMARTS) is 1. The Labute approximate surface area is 157 Å². The third-order valence-corrected chi connectivity index (χ3v) is 7.64. The maximum Gasteiger partial charge on any atom is 0.303 e. The van der Waals surface area contributed by atoms with Gasteiger partial charge >= 0.3 is 5.97 Å². The van der Waals surface area contributed by atoms with Crippen molar-refractivity contribution >= 4 is 17.7 Å². The van der Waals surface area contributed by atoms with Gasteiger partial charge in [-0.3, -0.25) is 4.79 Å². The minimum Gasteiger partial charge on any atom is -0.481 e. The van der Waals surface area contributed by atoms with Gasteiger partial charge in [-0.1, -0.05) is 31.4 Å². The van der Waals surface area contributed by atoms with Crippen LogP contribution in [0.5, 0.6) is 0 Å². The molecule has 3 rings (SSSR count). The van der Waals surface area contributed by atoms with Crippen molar-refractivity contribution in [3.05, 3.63) is 12.2 Å². The van der Waals surface area contributed by atoms with E-state index in [0.29, 0.717) is 18.1 Å². The first kappa shape index (κ1) is 19.3. The number of ether oxygens (including phenoxy) is 1. The zero-order chi connectivity index (χ0) is 17.5. The first-order valence-corrected chi connectivity index (χ1v) is 11.5. The van der Waals surface area contributed by atoms with E-state index in [9.17, 15) is 4.79 Å². The van der Waals surface area contributed by atoms with Crippen LogP contribution < -0.4 is 0 Å². The van der Waals surface area contributed by atoms with Gasteiger partial charge in [0, 0.05) is 6.42 Å². The van der Waals surface area contributed by atoms with Gasteiger partial charge in [-0.25, -0.2) is 0 Å². The Morgan fingerprint density at radius 1 is 1.00 bits per heavy atom. The van der Waals surface area contributed by atoms with Crippen molar-refractivity contribution in [1.82, 2.24) is 0 Å². The number of carboxylic acids is 1. The maximum atomic E-state index is 10.5. The summed E-state index contributed by atoms with van der Waals surface area (Å²) < 4.78 is 6.22. The first-order chi connectivity index (χ1) is 12.2. The van der Waals surface area contributed by atoms with Crippen LogP contribution in [-0.2, 0) is 9.53 Å². The second-order valence-corrected chi connectivity index (χ2v) is 9.23. The Morgan fingerprint density at radius 3 is 2.52 bits per heavy atom. The number of fused-ring (bicyclic) bond motifs is 2. The molecule has 0 aromatic rings. The number of hydrogen-bond donors (Lipinski definition) is 1. The van der Waals surface area contributed by atoms with E-state index in [1.54, 1.807) is 0 Å². The van der Waals surface area contributed by atoms with E-state index in [4.69, 9.17) is 9.84 Å². The summed E-state index contributed by atoms with van der Waals surface area (Å²) >= 11 is 2.18. The van der Waals surface area contributed by atoms with Crippen LogP contribution in [0.4, 0.5) is 0 Å². The lowest BCUT2D eigenvalue weighted by molar-refractivity contribution is -0.137. The van der Waals surface area contributed by atoms with E-state index in [-0.39, 0.29) is 6.42 Å². The topological polar surface area (TPSA) is 46.5 Å². The molecule has 2 aliphatic heterocycles. The molecule has 0 amide bonds. The van der Waals surface area contributed by atoms with Gasteiger partial charge in [-0.05, 0) is 74.2 Å². The zero-order valence-electron chi connectivity index (χ0n) is 15.4. The molecule has 0 aromatic carbocycles. The lowest BCUT2D eigenvalue weighted by Gasteiger charge is -2.28. The van der Waals surface area contributed by atoms with Crippen LogP contribution >= 0.6 is 11.8 Å². The first-order valence-electron chi connectivity index (χ1n) is 10.3. The van der Waals surface area contributed by atoms with Crippen molar-refractivity contribution in [3.8, 4) is 0 Å². The third-order valence-electron chi connectivity index (χ3n) is 6.32. The Balaban J connectivity index is 1.38. The molecule has 0 unspecified atom stereocenters. The van der Waals surface area contributed by atoms with Crippen LogP contribution in [0.15, 0.2) is 12.2 Å². The number of hydrogen-bond acceptors (Lipinski definition) is 3. The Bertz CT molecular complexity index is 444. The number of aliphatic carboxylic acids is 1. The Morgan fingerprint density at radius 2 is 1.76 bits per heavy atom. The monoisotopic (exact) mass is 366 g/mol. The molecule has 142 valence electrons. The van der Waals surface area contributed by atoms with Gasteiger partial charge in [-0.15, -0.1) is 0 Å². The van der Waals surface area contributed by atoms with Crippen molar-refractivity contribution in [2.45, 2.75) is 82.8 Å². The van der Waals surface area contributed by atoms with E-state index in [0.717, 1.165) is 31.1 Å². The number of rotatable bonds is 10. The zero-order valence-corrected chi connectivity index (χ0v) is 16.2. The highest BCUT2D eigenvalue weighted by atomic mass is 32.2. The smallest absolute Gasteiger partial charge is 0.303 e. The number of carbonyl (C=O) groups is 1. The van der Waals surface area contributed by atoms with Crippen molar-refractivity contribution in [1.29, 1.82) is 0 Å². The average Bonchev–Trinajstić information content (AvgIpc) is 3.21. The minimum atomic E-state index is -0.690. The molecule has 2 bridgehead atoms. The molecule has 25 heavy (non-hydrogen) atoms. The van der Waals surface area contributed by atoms with Crippen molar-refractivity contribution < 1.29 is 14.6 Å². The summed E-state index contributed by atoms with van der Waals surface area (Å²) in [5.41, 5.74) is 0. The van der Waals surface area contributed by atoms with E-state index in [1.807, 2.05) is 0 Å². The van der Waals surface area contributed by atoms with E-state index < -0.39 is 5.97 Å². The minimum absolute atomic E-state index is 0.280. The van der Waals surface area contributed by atoms with Crippen LogP contribution in [0.1, 0.15) is 70.6 Å². The third kappa shape index (κ3) is 5.75. The summed E-state index contributed by atoms with van der Waals surface area (Å²) in [5.74, 6) is 4.32. The normalized spacial score (nSPS) is 32.6. The fourth-order valence-electron chi connectivity index (χ4n) is 4.89. The van der Waals surface area contributed by atoms with Gasteiger partial charge < -0.3 is 9.84 Å². The van der Waals surface area contributed by atoms with E-state index in [2.05, 4.69) is 23.9 Å². The van der Waals surface area contributed by atoms with Gasteiger partial charge in [0.15, 0.2) is 0 Å². The second-order valence-electron chi connectivity index (χ2n) is 8.15. The molecule has 1 N–H and O–H groups in total. The molecule has 4 heteroatoms. The molecule has 0 aromatic heterocycles. The number of unbranched alkanes of at least 4 members (excludes halogenated alkanes) is 1. The van der Waals surface area contributed by atoms with Crippen molar-refractivity contribution in [2.24, 2.45) is 17.8 Å². The van der Waals surface area contributed by atoms with E-state index in [1.165, 1.54) is 56.5 Å². The molecule has 1 aliphatic carbocycles. The maximum absolute atomic E-state index is 10.5. The molecule has 3 fully saturated rings. The van der Waals surface area contributed by atoms with Crippen LogP contribution in [0, 0.1) is 17.8 Å². The van der Waals surface area contributed by atoms with Crippen LogP contribution in [0.25, 0.3) is 0 Å². The van der Waals surface area contributed by atoms with Crippen LogP contribution in [-0.4, -0.2) is 34.8 Å². The summed E-state index contributed by atoms with van der Waals surface area (Å²) in [6, 6.07) is 0. The standard InChI is InChI=1S/C21H34O3S/c22-21(23)11-7-2-1-6-10-17-18(20-13-12-19(17)24-20)15-25-14-16-8-4-3-5-9-16/h1,6,16-20H,2-5,7-15H2,(H,22,23)/t17-,18-,19-,20+/m1/s1. The predicted molar refractivity (Wildman–Crippen MR) is 104 cm³/mol. The van der Waals surface area contributed by atoms with E-state index >= 15 is 0 Å². The summed E-state index contributed by atoms with van der Waals surface area (Å²) in [6.45, 7) is 0. The quantitative estimate of drug-likeness (QED) is 0.421. The number of allylic oxidation sites excluding steroid dienone is 2. The van der Waals surface area contributed by atoms with Crippen LogP contribution in [0.3, 0.4) is 0 Å². The highest BCUT2D eigenvalue weighted by Gasteiger charge is 2.47. The van der Waals surface area contributed by atoms with Gasteiger partial charge in [0.2, 0.25) is 0 Å². The molecule has 2 saturated heterocycles. The predicted octanol–water partition coefficient (Wildman–Crippen LogP) is 5.29. The molecule has 3 aliphatic rings. The molecule has 3 nitrogen and oxygen atoms in total. The molecule has 1 saturated carbocycles. The summed E-state index contributed by atoms with van der Waals surface area (Å²) in [6.07, 6.45) is 18.2. The summed E-state index contributed by atoms with van der Waals surface area (Å²) in [5, 5.41) is 8.68. The Kier molecular flexibility index (Phi) is 7.72. The van der Waals surface area contributed by atoms with Gasteiger partial charge in [0.1, 0.15) is 0 Å². The lowest BCUT2D eigenvalue weighted by atomic mass is 9.78. The largest absolute Gasteiger partial charge is 0.481 e. The molecule has 4 atom stereocenters. The molecule has 0 spiro atoms. The molecule has 2 heterocycles. The second kappa shape index (κ2) is 10.0. The van der Waals surface area contributed by atoms with Gasteiger partial charge in [0.25, 0.3) is 0 Å². The Hall–Kier alpha value is -0.480. The highest BCUT2D eigenvalue weighted by molar-refractivity contribution is 7.99. The SMILES string of the molecule is O=C(O)CCCC=CC[C@@H]1[C@@H](CSCC2CCCCC2)[C@@H]2CC[C@H]1O2. The fourth-order valence-corrected chi connectivity index (χ4v) is 6.43. The fraction of sp³-hybridized carbons (Fsp3) is 0.857. The van der Waals surface area contributed by atoms with Crippen LogP contribution in [0.2, 0.25) is 0 Å².